The third-order valence-corrected chi connectivity index (χ3v) is 3.74. The Labute approximate surface area is 108 Å². The van der Waals surface area contributed by atoms with Crippen molar-refractivity contribution in [3.8, 4) is 5.75 Å². The summed E-state index contributed by atoms with van der Waals surface area (Å²) < 4.78 is 5.85. The first kappa shape index (κ1) is 11.3. The summed E-state index contributed by atoms with van der Waals surface area (Å²) in [7, 11) is 0. The summed E-state index contributed by atoms with van der Waals surface area (Å²) in [5.74, 6) is 1.70. The Hall–Kier alpha value is -1.76. The molecule has 92 valence electrons. The van der Waals surface area contributed by atoms with Crippen LogP contribution < -0.4 is 4.74 Å². The van der Waals surface area contributed by atoms with Gasteiger partial charge in [0.15, 0.2) is 0 Å². The van der Waals surface area contributed by atoms with Crippen molar-refractivity contribution in [3.05, 3.63) is 65.2 Å². The van der Waals surface area contributed by atoms with Gasteiger partial charge in [-0.05, 0) is 47.6 Å². The highest BCUT2D eigenvalue weighted by Gasteiger charge is 2.18. The number of aryl methyl sites for hydroxylation is 1. The maximum atomic E-state index is 5.85. The lowest BCUT2D eigenvalue weighted by molar-refractivity contribution is 0.306. The van der Waals surface area contributed by atoms with Crippen LogP contribution >= 0.6 is 0 Å². The van der Waals surface area contributed by atoms with Crippen LogP contribution in [0.25, 0.3) is 0 Å². The van der Waals surface area contributed by atoms with Crippen LogP contribution in [0.4, 0.5) is 0 Å². The SMILES string of the molecule is CC1CCc2cc(OCc3ccccc3)ccc21. The van der Waals surface area contributed by atoms with E-state index >= 15 is 0 Å². The summed E-state index contributed by atoms with van der Waals surface area (Å²) in [6.45, 7) is 2.95. The Bertz CT molecular complexity index is 531. The number of hydrogen-bond donors (Lipinski definition) is 0. The molecule has 2 aromatic carbocycles. The van der Waals surface area contributed by atoms with Crippen molar-refractivity contribution in [1.29, 1.82) is 0 Å². The van der Waals surface area contributed by atoms with Gasteiger partial charge < -0.3 is 4.74 Å². The zero-order valence-electron chi connectivity index (χ0n) is 10.7. The third kappa shape index (κ3) is 2.26. The van der Waals surface area contributed by atoms with E-state index in [-0.39, 0.29) is 0 Å². The Morgan fingerprint density at radius 2 is 1.94 bits per heavy atom. The first-order valence-electron chi connectivity index (χ1n) is 6.62. The van der Waals surface area contributed by atoms with Gasteiger partial charge in [0.05, 0.1) is 0 Å². The van der Waals surface area contributed by atoms with Gasteiger partial charge in [0, 0.05) is 0 Å². The van der Waals surface area contributed by atoms with Crippen LogP contribution in [0.1, 0.15) is 36.0 Å². The topological polar surface area (TPSA) is 9.23 Å². The zero-order valence-corrected chi connectivity index (χ0v) is 10.7. The minimum absolute atomic E-state index is 0.648. The van der Waals surface area contributed by atoms with E-state index in [4.69, 9.17) is 4.74 Å². The van der Waals surface area contributed by atoms with Crippen LogP contribution in [-0.2, 0) is 13.0 Å². The molecule has 1 nitrogen and oxygen atoms in total. The molecule has 0 saturated carbocycles. The van der Waals surface area contributed by atoms with Gasteiger partial charge in [-0.15, -0.1) is 0 Å². The first-order valence-corrected chi connectivity index (χ1v) is 6.62. The predicted molar refractivity (Wildman–Crippen MR) is 74.0 cm³/mol. The van der Waals surface area contributed by atoms with Crippen LogP contribution in [0.15, 0.2) is 48.5 Å². The molecule has 2 aromatic rings. The highest BCUT2D eigenvalue weighted by Crippen LogP contribution is 2.34. The molecule has 0 saturated heterocycles. The lowest BCUT2D eigenvalue weighted by Crippen LogP contribution is -1.96. The lowest BCUT2D eigenvalue weighted by Gasteiger charge is -2.09. The van der Waals surface area contributed by atoms with Gasteiger partial charge in [-0.3, -0.25) is 0 Å². The monoisotopic (exact) mass is 238 g/mol. The van der Waals surface area contributed by atoms with E-state index in [9.17, 15) is 0 Å². The van der Waals surface area contributed by atoms with Gasteiger partial charge in [-0.25, -0.2) is 0 Å². The van der Waals surface area contributed by atoms with Crippen molar-refractivity contribution in [1.82, 2.24) is 0 Å². The molecule has 0 N–H and O–H groups in total. The normalized spacial score (nSPS) is 17.5. The zero-order chi connectivity index (χ0) is 12.4. The highest BCUT2D eigenvalue weighted by molar-refractivity contribution is 5.40. The van der Waals surface area contributed by atoms with Crippen molar-refractivity contribution in [2.75, 3.05) is 0 Å². The van der Waals surface area contributed by atoms with Crippen LogP contribution in [0, 0.1) is 0 Å². The van der Waals surface area contributed by atoms with Crippen molar-refractivity contribution < 1.29 is 4.74 Å². The summed E-state index contributed by atoms with van der Waals surface area (Å²) in [6, 6.07) is 16.8. The van der Waals surface area contributed by atoms with Gasteiger partial charge in [0.25, 0.3) is 0 Å². The highest BCUT2D eigenvalue weighted by atomic mass is 16.5. The lowest BCUT2D eigenvalue weighted by atomic mass is 10.0. The van der Waals surface area contributed by atoms with Crippen LogP contribution in [-0.4, -0.2) is 0 Å². The van der Waals surface area contributed by atoms with Crippen LogP contribution in [0.2, 0.25) is 0 Å². The summed E-state index contributed by atoms with van der Waals surface area (Å²) in [5, 5.41) is 0. The molecular weight excluding hydrogens is 220 g/mol. The average Bonchev–Trinajstić information content (AvgIpc) is 2.79. The Kier molecular flexibility index (Phi) is 3.06. The van der Waals surface area contributed by atoms with E-state index in [0.717, 1.165) is 5.75 Å². The predicted octanol–water partition coefficient (Wildman–Crippen LogP) is 4.32. The molecule has 0 amide bonds. The summed E-state index contributed by atoms with van der Waals surface area (Å²) in [5.41, 5.74) is 4.18. The smallest absolute Gasteiger partial charge is 0.120 e. The molecule has 18 heavy (non-hydrogen) atoms. The molecule has 0 heterocycles. The van der Waals surface area contributed by atoms with E-state index in [0.29, 0.717) is 12.5 Å². The number of ether oxygens (including phenoxy) is 1. The number of benzene rings is 2. The average molecular weight is 238 g/mol. The standard InChI is InChI=1S/C17H18O/c1-13-7-8-15-11-16(9-10-17(13)15)18-12-14-5-3-2-4-6-14/h2-6,9-11,13H,7-8,12H2,1H3. The van der Waals surface area contributed by atoms with Crippen molar-refractivity contribution in [2.24, 2.45) is 0 Å². The molecule has 0 radical (unpaired) electrons. The number of rotatable bonds is 3. The fourth-order valence-corrected chi connectivity index (χ4v) is 2.64. The molecule has 0 bridgehead atoms. The van der Waals surface area contributed by atoms with Gasteiger partial charge in [0.1, 0.15) is 12.4 Å². The third-order valence-electron chi connectivity index (χ3n) is 3.74. The molecule has 1 aliphatic carbocycles. The summed E-state index contributed by atoms with van der Waals surface area (Å²) in [6.07, 6.45) is 2.47. The fourth-order valence-electron chi connectivity index (χ4n) is 2.64. The van der Waals surface area contributed by atoms with Gasteiger partial charge >= 0.3 is 0 Å². The minimum Gasteiger partial charge on any atom is -0.489 e. The molecule has 3 rings (SSSR count). The molecule has 0 spiro atoms. The molecule has 0 aromatic heterocycles. The quantitative estimate of drug-likeness (QED) is 0.774. The summed E-state index contributed by atoms with van der Waals surface area (Å²) >= 11 is 0. The molecule has 1 heteroatoms. The van der Waals surface area contributed by atoms with Gasteiger partial charge in [-0.1, -0.05) is 43.3 Å². The second-order valence-electron chi connectivity index (χ2n) is 5.07. The molecular formula is C17H18O. The van der Waals surface area contributed by atoms with E-state index in [1.54, 1.807) is 0 Å². The van der Waals surface area contributed by atoms with Crippen molar-refractivity contribution in [2.45, 2.75) is 32.3 Å². The molecule has 0 aliphatic heterocycles. The molecule has 0 fully saturated rings. The summed E-state index contributed by atoms with van der Waals surface area (Å²) in [4.78, 5) is 0. The van der Waals surface area contributed by atoms with E-state index in [2.05, 4.69) is 37.3 Å². The Morgan fingerprint density at radius 1 is 1.11 bits per heavy atom. The minimum atomic E-state index is 0.648. The second kappa shape index (κ2) is 4.85. The van der Waals surface area contributed by atoms with E-state index < -0.39 is 0 Å². The van der Waals surface area contributed by atoms with Crippen molar-refractivity contribution >= 4 is 0 Å². The maximum absolute atomic E-state index is 5.85. The van der Waals surface area contributed by atoms with E-state index in [1.165, 1.54) is 29.5 Å². The maximum Gasteiger partial charge on any atom is 0.120 e. The second-order valence-corrected chi connectivity index (χ2v) is 5.07. The number of hydrogen-bond acceptors (Lipinski definition) is 1. The Balaban J connectivity index is 1.71. The Morgan fingerprint density at radius 3 is 2.78 bits per heavy atom. The fraction of sp³-hybridized carbons (Fsp3) is 0.294. The van der Waals surface area contributed by atoms with Gasteiger partial charge in [0.2, 0.25) is 0 Å². The van der Waals surface area contributed by atoms with Gasteiger partial charge in [-0.2, -0.15) is 0 Å². The molecule has 1 aliphatic rings. The van der Waals surface area contributed by atoms with E-state index in [1.807, 2.05) is 18.2 Å². The van der Waals surface area contributed by atoms with Crippen LogP contribution in [0.3, 0.4) is 0 Å². The van der Waals surface area contributed by atoms with Crippen molar-refractivity contribution in [3.63, 3.8) is 0 Å². The largest absolute Gasteiger partial charge is 0.489 e. The number of fused-ring (bicyclic) bond motifs is 1. The van der Waals surface area contributed by atoms with Crippen LogP contribution in [0.5, 0.6) is 5.75 Å². The first-order chi connectivity index (χ1) is 8.83. The molecule has 1 unspecified atom stereocenters. The molecule has 1 atom stereocenters.